The van der Waals surface area contributed by atoms with Crippen LogP contribution in [-0.4, -0.2) is 29.1 Å². The Morgan fingerprint density at radius 2 is 1.86 bits per heavy atom. The maximum atomic E-state index is 12.1. The van der Waals surface area contributed by atoms with E-state index in [2.05, 4.69) is 5.32 Å². The van der Waals surface area contributed by atoms with Crippen molar-refractivity contribution < 1.29 is 19.4 Å². The number of hydrogen-bond donors (Lipinski definition) is 2. The Labute approximate surface area is 125 Å². The van der Waals surface area contributed by atoms with Crippen LogP contribution in [0.2, 0.25) is 0 Å². The summed E-state index contributed by atoms with van der Waals surface area (Å²) in [5.41, 5.74) is 0.498. The third kappa shape index (κ3) is 6.29. The van der Waals surface area contributed by atoms with Gasteiger partial charge < -0.3 is 15.2 Å². The number of ether oxygens (including phenoxy) is 1. The van der Waals surface area contributed by atoms with Crippen molar-refractivity contribution >= 4 is 11.9 Å². The predicted molar refractivity (Wildman–Crippen MR) is 80.6 cm³/mol. The molecule has 1 aromatic rings. The van der Waals surface area contributed by atoms with Crippen molar-refractivity contribution in [1.82, 2.24) is 5.32 Å². The van der Waals surface area contributed by atoms with Gasteiger partial charge in [0.15, 0.2) is 0 Å². The Morgan fingerprint density at radius 1 is 1.24 bits per heavy atom. The number of carbonyl (C=O) groups is 2. The number of amides is 1. The van der Waals surface area contributed by atoms with Crippen LogP contribution in [0.1, 0.15) is 50.4 Å². The van der Waals surface area contributed by atoms with Gasteiger partial charge in [-0.05, 0) is 44.5 Å². The van der Waals surface area contributed by atoms with Gasteiger partial charge in [0.1, 0.15) is 5.75 Å². The lowest BCUT2D eigenvalue weighted by Crippen LogP contribution is -2.36. The molecule has 1 amide bonds. The number of benzene rings is 1. The van der Waals surface area contributed by atoms with Crippen LogP contribution in [0.5, 0.6) is 5.75 Å². The van der Waals surface area contributed by atoms with Crippen molar-refractivity contribution in [3.05, 3.63) is 29.8 Å². The highest BCUT2D eigenvalue weighted by atomic mass is 16.5. The molecule has 21 heavy (non-hydrogen) atoms. The molecule has 0 saturated carbocycles. The van der Waals surface area contributed by atoms with Crippen molar-refractivity contribution in [2.75, 3.05) is 0 Å². The van der Waals surface area contributed by atoms with E-state index in [9.17, 15) is 9.59 Å². The first-order valence-electron chi connectivity index (χ1n) is 7.21. The molecule has 5 nitrogen and oxygen atoms in total. The first kappa shape index (κ1) is 17.0. The maximum absolute atomic E-state index is 12.1. The van der Waals surface area contributed by atoms with Gasteiger partial charge >= 0.3 is 5.97 Å². The van der Waals surface area contributed by atoms with E-state index in [1.807, 2.05) is 20.8 Å². The van der Waals surface area contributed by atoms with Crippen LogP contribution >= 0.6 is 0 Å². The maximum Gasteiger partial charge on any atom is 0.305 e. The quantitative estimate of drug-likeness (QED) is 0.772. The second-order valence-electron chi connectivity index (χ2n) is 5.25. The number of carboxylic acid groups (broad SMARTS) is 1. The topological polar surface area (TPSA) is 75.6 Å². The first-order chi connectivity index (χ1) is 9.92. The molecule has 0 aliphatic carbocycles. The summed E-state index contributed by atoms with van der Waals surface area (Å²) < 4.78 is 5.51. The zero-order valence-corrected chi connectivity index (χ0v) is 12.8. The summed E-state index contributed by atoms with van der Waals surface area (Å²) >= 11 is 0. The van der Waals surface area contributed by atoms with Crippen LogP contribution in [-0.2, 0) is 4.79 Å². The van der Waals surface area contributed by atoms with Crippen LogP contribution < -0.4 is 10.1 Å². The summed E-state index contributed by atoms with van der Waals surface area (Å²) in [4.78, 5) is 22.9. The SMILES string of the molecule is CCCC(CC(=O)O)NC(=O)c1ccc(OC(C)C)cc1. The second-order valence-corrected chi connectivity index (χ2v) is 5.25. The van der Waals surface area contributed by atoms with E-state index < -0.39 is 5.97 Å². The molecule has 0 aliphatic heterocycles. The Morgan fingerprint density at radius 3 is 2.33 bits per heavy atom. The molecule has 1 aromatic carbocycles. The van der Waals surface area contributed by atoms with Crippen molar-refractivity contribution in [2.45, 2.75) is 52.2 Å². The van der Waals surface area contributed by atoms with Crippen molar-refractivity contribution in [3.63, 3.8) is 0 Å². The molecular weight excluding hydrogens is 270 g/mol. The molecule has 0 radical (unpaired) electrons. The Bertz CT molecular complexity index is 468. The van der Waals surface area contributed by atoms with Crippen LogP contribution in [0, 0.1) is 0 Å². The Balaban J connectivity index is 2.66. The minimum Gasteiger partial charge on any atom is -0.491 e. The molecule has 0 saturated heterocycles. The molecule has 5 heteroatoms. The number of carboxylic acids is 1. The number of hydrogen-bond acceptors (Lipinski definition) is 3. The molecule has 1 atom stereocenters. The van der Waals surface area contributed by atoms with Crippen LogP contribution in [0.4, 0.5) is 0 Å². The smallest absolute Gasteiger partial charge is 0.305 e. The average molecular weight is 293 g/mol. The summed E-state index contributed by atoms with van der Waals surface area (Å²) in [5, 5.41) is 11.6. The summed E-state index contributed by atoms with van der Waals surface area (Å²) in [6, 6.07) is 6.49. The fourth-order valence-corrected chi connectivity index (χ4v) is 2.01. The van der Waals surface area contributed by atoms with E-state index in [0.29, 0.717) is 17.7 Å². The van der Waals surface area contributed by atoms with Gasteiger partial charge in [0.2, 0.25) is 0 Å². The largest absolute Gasteiger partial charge is 0.491 e. The summed E-state index contributed by atoms with van der Waals surface area (Å²) in [6.45, 7) is 5.82. The lowest BCUT2D eigenvalue weighted by molar-refractivity contribution is -0.137. The molecule has 0 aliphatic rings. The number of rotatable bonds is 8. The predicted octanol–water partition coefficient (Wildman–Crippen LogP) is 2.85. The van der Waals surface area contributed by atoms with E-state index in [-0.39, 0.29) is 24.5 Å². The van der Waals surface area contributed by atoms with Crippen LogP contribution in [0.3, 0.4) is 0 Å². The summed E-state index contributed by atoms with van der Waals surface area (Å²) in [7, 11) is 0. The Kier molecular flexibility index (Phi) is 6.72. The van der Waals surface area contributed by atoms with Gasteiger partial charge in [-0.2, -0.15) is 0 Å². The fraction of sp³-hybridized carbons (Fsp3) is 0.500. The molecule has 0 spiro atoms. The third-order valence-electron chi connectivity index (χ3n) is 2.88. The molecule has 1 unspecified atom stereocenters. The van der Waals surface area contributed by atoms with E-state index in [4.69, 9.17) is 9.84 Å². The van der Waals surface area contributed by atoms with Crippen molar-refractivity contribution in [2.24, 2.45) is 0 Å². The Hall–Kier alpha value is -2.04. The summed E-state index contributed by atoms with van der Waals surface area (Å²) in [6.07, 6.45) is 1.48. The lowest BCUT2D eigenvalue weighted by Gasteiger charge is -2.16. The molecule has 1 rings (SSSR count). The normalized spacial score (nSPS) is 12.0. The van der Waals surface area contributed by atoms with Crippen LogP contribution in [0.15, 0.2) is 24.3 Å². The number of aliphatic carboxylic acids is 1. The minimum atomic E-state index is -0.908. The molecule has 116 valence electrons. The lowest BCUT2D eigenvalue weighted by atomic mass is 10.1. The fourth-order valence-electron chi connectivity index (χ4n) is 2.01. The van der Waals surface area contributed by atoms with Gasteiger partial charge in [-0.1, -0.05) is 13.3 Å². The van der Waals surface area contributed by atoms with Crippen LogP contribution in [0.25, 0.3) is 0 Å². The highest BCUT2D eigenvalue weighted by Crippen LogP contribution is 2.14. The summed E-state index contributed by atoms with van der Waals surface area (Å²) in [5.74, 6) is -0.461. The highest BCUT2D eigenvalue weighted by molar-refractivity contribution is 5.94. The van der Waals surface area contributed by atoms with E-state index in [1.165, 1.54) is 0 Å². The monoisotopic (exact) mass is 293 g/mol. The van der Waals surface area contributed by atoms with Crippen molar-refractivity contribution in [1.29, 1.82) is 0 Å². The molecule has 2 N–H and O–H groups in total. The zero-order chi connectivity index (χ0) is 15.8. The average Bonchev–Trinajstić information content (AvgIpc) is 2.38. The standard InChI is InChI=1S/C16H23NO4/c1-4-5-13(10-15(18)19)17-16(20)12-6-8-14(9-7-12)21-11(2)3/h6-9,11,13H,4-5,10H2,1-3H3,(H,17,20)(H,18,19). The molecular formula is C16H23NO4. The number of nitrogens with one attached hydrogen (secondary N) is 1. The van der Waals surface area contributed by atoms with Gasteiger partial charge in [0, 0.05) is 11.6 Å². The molecule has 0 heterocycles. The molecule has 0 bridgehead atoms. The van der Waals surface area contributed by atoms with Crippen molar-refractivity contribution in [3.8, 4) is 5.75 Å². The molecule has 0 fully saturated rings. The van der Waals surface area contributed by atoms with E-state index >= 15 is 0 Å². The third-order valence-corrected chi connectivity index (χ3v) is 2.88. The second kappa shape index (κ2) is 8.29. The first-order valence-corrected chi connectivity index (χ1v) is 7.21. The van der Waals surface area contributed by atoms with Gasteiger partial charge in [-0.3, -0.25) is 9.59 Å². The van der Waals surface area contributed by atoms with E-state index in [0.717, 1.165) is 6.42 Å². The van der Waals surface area contributed by atoms with Gasteiger partial charge in [-0.25, -0.2) is 0 Å². The van der Waals surface area contributed by atoms with E-state index in [1.54, 1.807) is 24.3 Å². The van der Waals surface area contributed by atoms with Gasteiger partial charge in [-0.15, -0.1) is 0 Å². The van der Waals surface area contributed by atoms with Gasteiger partial charge in [0.25, 0.3) is 5.91 Å². The minimum absolute atomic E-state index is 0.0614. The molecule has 0 aromatic heterocycles. The zero-order valence-electron chi connectivity index (χ0n) is 12.8. The number of carbonyl (C=O) groups excluding carboxylic acids is 1. The van der Waals surface area contributed by atoms with Gasteiger partial charge in [0.05, 0.1) is 12.5 Å². The highest BCUT2D eigenvalue weighted by Gasteiger charge is 2.16.